The normalized spacial score (nSPS) is 20.8. The molecule has 0 bridgehead atoms. The van der Waals surface area contributed by atoms with Gasteiger partial charge in [0, 0.05) is 45.8 Å². The molecule has 10 heteroatoms. The second kappa shape index (κ2) is 10.5. The highest BCUT2D eigenvalue weighted by Gasteiger charge is 2.37. The molecule has 0 saturated carbocycles. The first-order chi connectivity index (χ1) is 16.3. The van der Waals surface area contributed by atoms with Crippen LogP contribution in [0.15, 0.2) is 33.7 Å². The summed E-state index contributed by atoms with van der Waals surface area (Å²) in [6, 6.07) is 8.08. The molecule has 2 aromatic rings. The zero-order valence-electron chi connectivity index (χ0n) is 20.2. The van der Waals surface area contributed by atoms with Gasteiger partial charge in [0.1, 0.15) is 16.3 Å². The number of ether oxygens (including phenoxy) is 1. The van der Waals surface area contributed by atoms with Crippen molar-refractivity contribution in [1.82, 2.24) is 19.3 Å². The lowest BCUT2D eigenvalue weighted by atomic mass is 9.98. The Labute approximate surface area is 201 Å². The molecule has 0 N–H and O–H groups in total. The Morgan fingerprint density at radius 2 is 1.85 bits per heavy atom. The average molecular weight is 491 g/mol. The van der Waals surface area contributed by atoms with Crippen molar-refractivity contribution in [3.05, 3.63) is 41.3 Å². The molecule has 0 aliphatic carbocycles. The van der Waals surface area contributed by atoms with Crippen molar-refractivity contribution in [2.75, 3.05) is 46.4 Å². The van der Waals surface area contributed by atoms with E-state index >= 15 is 0 Å². The lowest BCUT2D eigenvalue weighted by Crippen LogP contribution is -2.47. The SMILES string of the molecule is COc1ccc(CN2CCCN(C(=O)C3CCCN(S(=O)(=O)c4c(C)noc4C)C3)CC2)cc1. The number of piperidine rings is 1. The van der Waals surface area contributed by atoms with Crippen molar-refractivity contribution >= 4 is 15.9 Å². The van der Waals surface area contributed by atoms with Crippen molar-refractivity contribution in [3.8, 4) is 5.75 Å². The summed E-state index contributed by atoms with van der Waals surface area (Å²) in [5.41, 5.74) is 1.57. The number of sulfonamides is 1. The van der Waals surface area contributed by atoms with Crippen molar-refractivity contribution in [2.45, 2.75) is 44.6 Å². The fourth-order valence-corrected chi connectivity index (χ4v) is 6.75. The van der Waals surface area contributed by atoms with Gasteiger partial charge >= 0.3 is 0 Å². The molecule has 2 fully saturated rings. The zero-order valence-corrected chi connectivity index (χ0v) is 21.0. The molecule has 2 aliphatic rings. The Hall–Kier alpha value is -2.43. The zero-order chi connectivity index (χ0) is 24.3. The van der Waals surface area contributed by atoms with Gasteiger partial charge in [-0.3, -0.25) is 9.69 Å². The van der Waals surface area contributed by atoms with Gasteiger partial charge in [-0.25, -0.2) is 8.42 Å². The van der Waals surface area contributed by atoms with E-state index in [4.69, 9.17) is 9.26 Å². The predicted octanol–water partition coefficient (Wildman–Crippen LogP) is 2.44. The number of amides is 1. The smallest absolute Gasteiger partial charge is 0.248 e. The number of benzene rings is 1. The van der Waals surface area contributed by atoms with Gasteiger partial charge in [-0.05, 0) is 50.8 Å². The lowest BCUT2D eigenvalue weighted by Gasteiger charge is -2.34. The highest BCUT2D eigenvalue weighted by molar-refractivity contribution is 7.89. The first-order valence-corrected chi connectivity index (χ1v) is 13.3. The average Bonchev–Trinajstić information content (AvgIpc) is 3.03. The van der Waals surface area contributed by atoms with E-state index in [0.717, 1.165) is 31.8 Å². The van der Waals surface area contributed by atoms with Crippen LogP contribution in [0.4, 0.5) is 0 Å². The molecule has 1 aromatic carbocycles. The Morgan fingerprint density at radius 3 is 2.53 bits per heavy atom. The second-order valence-electron chi connectivity index (χ2n) is 9.16. The van der Waals surface area contributed by atoms with Crippen molar-refractivity contribution < 1.29 is 22.5 Å². The summed E-state index contributed by atoms with van der Waals surface area (Å²) in [4.78, 5) is 17.8. The Bertz CT molecular complexity index is 1080. The van der Waals surface area contributed by atoms with Gasteiger partial charge in [0.25, 0.3) is 0 Å². The Kier molecular flexibility index (Phi) is 7.59. The van der Waals surface area contributed by atoms with Gasteiger partial charge in [0.2, 0.25) is 15.9 Å². The largest absolute Gasteiger partial charge is 0.497 e. The van der Waals surface area contributed by atoms with Crippen LogP contribution in [0, 0.1) is 19.8 Å². The van der Waals surface area contributed by atoms with Gasteiger partial charge in [-0.1, -0.05) is 17.3 Å². The van der Waals surface area contributed by atoms with Crippen LogP contribution in [0.1, 0.15) is 36.3 Å². The number of rotatable bonds is 6. The van der Waals surface area contributed by atoms with Crippen LogP contribution in [0.2, 0.25) is 0 Å². The first-order valence-electron chi connectivity index (χ1n) is 11.9. The number of aryl methyl sites for hydroxylation is 2. The fraction of sp³-hybridized carbons (Fsp3) is 0.583. The quantitative estimate of drug-likeness (QED) is 0.614. The molecular weight excluding hydrogens is 456 g/mol. The number of nitrogens with zero attached hydrogens (tertiary/aromatic N) is 4. The monoisotopic (exact) mass is 490 g/mol. The van der Waals surface area contributed by atoms with E-state index in [2.05, 4.69) is 22.2 Å². The number of hydrogen-bond acceptors (Lipinski definition) is 7. The van der Waals surface area contributed by atoms with E-state index in [0.29, 0.717) is 38.2 Å². The minimum atomic E-state index is -3.74. The lowest BCUT2D eigenvalue weighted by molar-refractivity contribution is -0.136. The molecule has 2 saturated heterocycles. The number of methoxy groups -OCH3 is 1. The van der Waals surface area contributed by atoms with Gasteiger partial charge in [-0.2, -0.15) is 4.31 Å². The minimum Gasteiger partial charge on any atom is -0.497 e. The maximum absolute atomic E-state index is 13.4. The minimum absolute atomic E-state index is 0.0601. The molecular formula is C24H34N4O5S. The van der Waals surface area contributed by atoms with Crippen molar-refractivity contribution in [2.24, 2.45) is 5.92 Å². The molecule has 0 spiro atoms. The first kappa shape index (κ1) is 24.7. The van der Waals surface area contributed by atoms with Gasteiger partial charge < -0.3 is 14.2 Å². The highest BCUT2D eigenvalue weighted by atomic mass is 32.2. The number of aromatic nitrogens is 1. The van der Waals surface area contributed by atoms with Crippen LogP contribution >= 0.6 is 0 Å². The molecule has 1 aromatic heterocycles. The van der Waals surface area contributed by atoms with Crippen LogP contribution in [-0.2, 0) is 21.4 Å². The molecule has 9 nitrogen and oxygen atoms in total. The van der Waals surface area contributed by atoms with Crippen molar-refractivity contribution in [1.29, 1.82) is 0 Å². The summed E-state index contributed by atoms with van der Waals surface area (Å²) in [6.45, 7) is 7.76. The summed E-state index contributed by atoms with van der Waals surface area (Å²) < 4.78 is 38.2. The summed E-state index contributed by atoms with van der Waals surface area (Å²) in [7, 11) is -2.08. The summed E-state index contributed by atoms with van der Waals surface area (Å²) >= 11 is 0. The van der Waals surface area contributed by atoms with Crippen molar-refractivity contribution in [3.63, 3.8) is 0 Å². The standard InChI is InChI=1S/C24H34N4O5S/c1-18-23(19(2)33-25-18)34(30,31)28-13-4-6-21(17-28)24(29)27-12-5-11-26(14-15-27)16-20-7-9-22(32-3)10-8-20/h7-10,21H,4-6,11-17H2,1-3H3. The van der Waals surface area contributed by atoms with E-state index in [-0.39, 0.29) is 29.0 Å². The van der Waals surface area contributed by atoms with Crippen LogP contribution in [0.25, 0.3) is 0 Å². The van der Waals surface area contributed by atoms with E-state index in [9.17, 15) is 13.2 Å². The third-order valence-corrected chi connectivity index (χ3v) is 8.87. The van der Waals surface area contributed by atoms with Gasteiger partial charge in [0.15, 0.2) is 5.76 Å². The van der Waals surface area contributed by atoms with Gasteiger partial charge in [-0.15, -0.1) is 0 Å². The topological polar surface area (TPSA) is 96.2 Å². The summed E-state index contributed by atoms with van der Waals surface area (Å²) in [6.07, 6.45) is 2.27. The molecule has 0 radical (unpaired) electrons. The molecule has 1 amide bonds. The molecule has 1 atom stereocenters. The molecule has 1 unspecified atom stereocenters. The van der Waals surface area contributed by atoms with Crippen LogP contribution in [-0.4, -0.2) is 80.0 Å². The third-order valence-electron chi connectivity index (χ3n) is 6.76. The van der Waals surface area contributed by atoms with E-state index in [1.54, 1.807) is 21.0 Å². The van der Waals surface area contributed by atoms with Crippen LogP contribution < -0.4 is 4.74 Å². The van der Waals surface area contributed by atoms with Crippen LogP contribution in [0.5, 0.6) is 5.75 Å². The predicted molar refractivity (Wildman–Crippen MR) is 127 cm³/mol. The number of carbonyl (C=O) groups is 1. The summed E-state index contributed by atoms with van der Waals surface area (Å²) in [5, 5.41) is 3.79. The molecule has 186 valence electrons. The number of carbonyl (C=O) groups excluding carboxylic acids is 1. The number of hydrogen-bond donors (Lipinski definition) is 0. The van der Waals surface area contributed by atoms with E-state index in [1.165, 1.54) is 9.87 Å². The second-order valence-corrected chi connectivity index (χ2v) is 11.0. The Balaban J connectivity index is 1.37. The van der Waals surface area contributed by atoms with Crippen LogP contribution in [0.3, 0.4) is 0 Å². The molecule has 2 aliphatic heterocycles. The summed E-state index contributed by atoms with van der Waals surface area (Å²) in [5.74, 6) is 0.867. The Morgan fingerprint density at radius 1 is 1.09 bits per heavy atom. The van der Waals surface area contributed by atoms with E-state index < -0.39 is 10.0 Å². The maximum Gasteiger partial charge on any atom is 0.248 e. The third kappa shape index (κ3) is 5.29. The highest BCUT2D eigenvalue weighted by Crippen LogP contribution is 2.28. The molecule has 3 heterocycles. The molecule has 34 heavy (non-hydrogen) atoms. The molecule has 4 rings (SSSR count). The van der Waals surface area contributed by atoms with Gasteiger partial charge in [0.05, 0.1) is 13.0 Å². The van der Waals surface area contributed by atoms with E-state index in [1.807, 2.05) is 17.0 Å². The maximum atomic E-state index is 13.4. The fourth-order valence-electron chi connectivity index (χ4n) is 4.93.